The van der Waals surface area contributed by atoms with Gasteiger partial charge in [0.15, 0.2) is 11.5 Å². The summed E-state index contributed by atoms with van der Waals surface area (Å²) < 4.78 is 41.5. The third-order valence-electron chi connectivity index (χ3n) is 5.91. The highest BCUT2D eigenvalue weighted by molar-refractivity contribution is 7.89. The molecule has 1 atom stereocenters. The molecule has 1 N–H and O–H groups in total. The van der Waals surface area contributed by atoms with Crippen LogP contribution in [0.4, 0.5) is 0 Å². The highest BCUT2D eigenvalue weighted by Gasteiger charge is 2.42. The molecule has 3 aromatic rings. The lowest BCUT2D eigenvalue weighted by atomic mass is 10.0. The number of sulfonamides is 1. The molecule has 2 aliphatic rings. The Morgan fingerprint density at radius 3 is 2.52 bits per heavy atom. The highest BCUT2D eigenvalue weighted by Crippen LogP contribution is 2.37. The van der Waals surface area contributed by atoms with E-state index in [1.165, 1.54) is 16.4 Å². The Labute approximate surface area is 192 Å². The van der Waals surface area contributed by atoms with Crippen molar-refractivity contribution in [3.8, 4) is 17.2 Å². The summed E-state index contributed by atoms with van der Waals surface area (Å²) >= 11 is 0. The van der Waals surface area contributed by atoms with Gasteiger partial charge in [-0.2, -0.15) is 9.40 Å². The number of hydrogen-bond donors (Lipinski definition) is 1. The summed E-state index contributed by atoms with van der Waals surface area (Å²) in [5.41, 5.74) is 2.72. The topological polar surface area (TPSA) is 103 Å². The van der Waals surface area contributed by atoms with Gasteiger partial charge in [0.25, 0.3) is 0 Å². The molecule has 2 aliphatic heterocycles. The Kier molecular flexibility index (Phi) is 5.34. The van der Waals surface area contributed by atoms with Crippen molar-refractivity contribution in [2.45, 2.75) is 24.8 Å². The Hall–Kier alpha value is -3.37. The lowest BCUT2D eigenvalue weighted by molar-refractivity contribution is -0.127. The number of carbonyl (C=O) groups excluding carboxylic acids is 1. The number of nitrogens with zero attached hydrogens (tertiary/aromatic N) is 3. The van der Waals surface area contributed by atoms with Crippen LogP contribution in [-0.4, -0.2) is 54.7 Å². The zero-order valence-electron chi connectivity index (χ0n) is 18.3. The van der Waals surface area contributed by atoms with Crippen LogP contribution in [-0.2, 0) is 14.8 Å². The Morgan fingerprint density at radius 1 is 1.03 bits per heavy atom. The third-order valence-corrected chi connectivity index (χ3v) is 7.77. The van der Waals surface area contributed by atoms with Crippen LogP contribution in [0.25, 0.3) is 5.69 Å². The number of piperazine rings is 1. The zero-order chi connectivity index (χ0) is 23.2. The van der Waals surface area contributed by atoms with Gasteiger partial charge in [-0.1, -0.05) is 18.2 Å². The Bertz CT molecular complexity index is 1320. The fraction of sp³-hybridized carbons (Fsp3) is 0.304. The molecule has 33 heavy (non-hydrogen) atoms. The summed E-state index contributed by atoms with van der Waals surface area (Å²) in [6, 6.07) is 13.0. The molecule has 0 radical (unpaired) electrons. The smallest absolute Gasteiger partial charge is 0.244 e. The second kappa shape index (κ2) is 8.20. The fourth-order valence-corrected chi connectivity index (χ4v) is 5.95. The number of aromatic nitrogens is 2. The molecule has 5 rings (SSSR count). The first kappa shape index (κ1) is 21.5. The second-order valence-corrected chi connectivity index (χ2v) is 9.84. The van der Waals surface area contributed by atoms with Crippen molar-refractivity contribution in [3.05, 3.63) is 65.5 Å². The molecule has 1 amide bonds. The number of nitrogens with one attached hydrogen (secondary N) is 1. The molecule has 2 aromatic carbocycles. The summed E-state index contributed by atoms with van der Waals surface area (Å²) in [5.74, 6) is 0.509. The molecule has 1 aromatic heterocycles. The van der Waals surface area contributed by atoms with E-state index in [9.17, 15) is 13.2 Å². The monoisotopic (exact) mass is 468 g/mol. The van der Waals surface area contributed by atoms with Gasteiger partial charge in [0, 0.05) is 30.4 Å². The molecular weight excluding hydrogens is 444 g/mol. The Balaban J connectivity index is 1.59. The minimum Gasteiger partial charge on any atom is -0.486 e. The second-order valence-electron chi connectivity index (χ2n) is 7.95. The van der Waals surface area contributed by atoms with Crippen LogP contribution >= 0.6 is 0 Å². The van der Waals surface area contributed by atoms with E-state index in [4.69, 9.17) is 9.47 Å². The number of hydrogen-bond acceptors (Lipinski definition) is 6. The maximum atomic E-state index is 13.7. The van der Waals surface area contributed by atoms with Crippen LogP contribution in [0.5, 0.6) is 11.5 Å². The highest BCUT2D eigenvalue weighted by atomic mass is 32.2. The van der Waals surface area contributed by atoms with Crippen molar-refractivity contribution in [2.24, 2.45) is 0 Å². The first-order valence-corrected chi connectivity index (χ1v) is 12.1. The van der Waals surface area contributed by atoms with Gasteiger partial charge in [-0.3, -0.25) is 4.79 Å². The van der Waals surface area contributed by atoms with Gasteiger partial charge in [0.05, 0.1) is 16.3 Å². The van der Waals surface area contributed by atoms with Crippen LogP contribution < -0.4 is 14.8 Å². The van der Waals surface area contributed by atoms with E-state index in [1.807, 2.05) is 37.3 Å². The van der Waals surface area contributed by atoms with Gasteiger partial charge in [0.2, 0.25) is 15.9 Å². The molecule has 0 saturated carbocycles. The molecule has 1 fully saturated rings. The van der Waals surface area contributed by atoms with E-state index in [0.717, 1.165) is 5.69 Å². The molecule has 3 heterocycles. The molecule has 0 bridgehead atoms. The van der Waals surface area contributed by atoms with Crippen LogP contribution in [0.3, 0.4) is 0 Å². The number of fused-ring (bicyclic) bond motifs is 1. The van der Waals surface area contributed by atoms with Crippen molar-refractivity contribution in [1.29, 1.82) is 0 Å². The average molecular weight is 469 g/mol. The Morgan fingerprint density at radius 2 is 1.76 bits per heavy atom. The number of ether oxygens (including phenoxy) is 2. The van der Waals surface area contributed by atoms with Crippen LogP contribution in [0.15, 0.2) is 53.4 Å². The number of carbonyl (C=O) groups is 1. The first-order chi connectivity index (χ1) is 15.9. The maximum Gasteiger partial charge on any atom is 0.244 e. The van der Waals surface area contributed by atoms with Crippen LogP contribution in [0, 0.1) is 13.8 Å². The number of aryl methyl sites for hydroxylation is 1. The van der Waals surface area contributed by atoms with Crippen LogP contribution in [0.1, 0.15) is 23.0 Å². The minimum absolute atomic E-state index is 0.0530. The average Bonchev–Trinajstić information content (AvgIpc) is 3.12. The fourth-order valence-electron chi connectivity index (χ4n) is 4.37. The zero-order valence-corrected chi connectivity index (χ0v) is 19.1. The standard InChI is InChI=1S/C23H24N4O5S/c1-15-21(16(2)27(25-15)17-6-4-3-5-7-17)22-23(28)24-10-11-26(22)33(29,30)18-8-9-19-20(14-18)32-13-12-31-19/h3-9,14,22H,10-13H2,1-2H3,(H,24,28)/t22-/m1/s1. The minimum atomic E-state index is -4.01. The van der Waals surface area contributed by atoms with E-state index in [2.05, 4.69) is 10.4 Å². The molecular formula is C23H24N4O5S. The molecule has 0 unspecified atom stereocenters. The van der Waals surface area contributed by atoms with Gasteiger partial charge in [-0.25, -0.2) is 13.1 Å². The summed E-state index contributed by atoms with van der Waals surface area (Å²) in [6.45, 7) is 4.77. The molecule has 10 heteroatoms. The number of amides is 1. The van der Waals surface area contributed by atoms with Crippen molar-refractivity contribution in [1.82, 2.24) is 19.4 Å². The van der Waals surface area contributed by atoms with Crippen molar-refractivity contribution >= 4 is 15.9 Å². The van der Waals surface area contributed by atoms with Gasteiger partial charge >= 0.3 is 0 Å². The van der Waals surface area contributed by atoms with Crippen molar-refractivity contribution in [2.75, 3.05) is 26.3 Å². The summed E-state index contributed by atoms with van der Waals surface area (Å²) in [4.78, 5) is 13.1. The van der Waals surface area contributed by atoms with Gasteiger partial charge in [-0.05, 0) is 38.1 Å². The summed E-state index contributed by atoms with van der Waals surface area (Å²) in [5, 5.41) is 7.43. The molecule has 1 saturated heterocycles. The largest absolute Gasteiger partial charge is 0.486 e. The summed E-state index contributed by atoms with van der Waals surface area (Å²) in [7, 11) is -4.01. The number of benzene rings is 2. The molecule has 0 spiro atoms. The maximum absolute atomic E-state index is 13.7. The van der Waals surface area contributed by atoms with Crippen molar-refractivity contribution < 1.29 is 22.7 Å². The SMILES string of the molecule is Cc1nn(-c2ccccc2)c(C)c1[C@@H]1C(=O)NCCN1S(=O)(=O)c1ccc2c(c1)OCCO2. The van der Waals surface area contributed by atoms with E-state index in [-0.39, 0.29) is 23.9 Å². The quantitative estimate of drug-likeness (QED) is 0.629. The van der Waals surface area contributed by atoms with Gasteiger partial charge < -0.3 is 14.8 Å². The predicted octanol–water partition coefficient (Wildman–Crippen LogP) is 2.12. The van der Waals surface area contributed by atoms with E-state index >= 15 is 0 Å². The van der Waals surface area contributed by atoms with Gasteiger partial charge in [0.1, 0.15) is 19.3 Å². The van der Waals surface area contributed by atoms with E-state index in [0.29, 0.717) is 41.7 Å². The van der Waals surface area contributed by atoms with Crippen LogP contribution in [0.2, 0.25) is 0 Å². The van der Waals surface area contributed by atoms with E-state index < -0.39 is 16.1 Å². The normalized spacial score (nSPS) is 18.7. The number of para-hydroxylation sites is 1. The van der Waals surface area contributed by atoms with Gasteiger partial charge in [-0.15, -0.1) is 0 Å². The lowest BCUT2D eigenvalue weighted by Crippen LogP contribution is -2.52. The molecule has 0 aliphatic carbocycles. The third kappa shape index (κ3) is 3.65. The summed E-state index contributed by atoms with van der Waals surface area (Å²) in [6.07, 6.45) is 0. The van der Waals surface area contributed by atoms with E-state index in [1.54, 1.807) is 17.7 Å². The lowest BCUT2D eigenvalue weighted by Gasteiger charge is -2.34. The molecule has 9 nitrogen and oxygen atoms in total. The predicted molar refractivity (Wildman–Crippen MR) is 120 cm³/mol. The van der Waals surface area contributed by atoms with Crippen molar-refractivity contribution in [3.63, 3.8) is 0 Å². The first-order valence-electron chi connectivity index (χ1n) is 10.7. The number of rotatable bonds is 4. The molecule has 172 valence electrons.